The van der Waals surface area contributed by atoms with E-state index in [9.17, 15) is 0 Å². The molecule has 4 saturated carbocycles. The number of hydrogen-bond acceptors (Lipinski definition) is 3. The zero-order chi connectivity index (χ0) is 13.2. The first-order valence-corrected chi connectivity index (χ1v) is 8.70. The van der Waals surface area contributed by atoms with Gasteiger partial charge in [-0.2, -0.15) is 4.37 Å². The maximum absolute atomic E-state index is 4.70. The Morgan fingerprint density at radius 2 is 1.65 bits per heavy atom. The van der Waals surface area contributed by atoms with Crippen molar-refractivity contribution >= 4 is 27.4 Å². The summed E-state index contributed by atoms with van der Waals surface area (Å²) in [4.78, 5) is 0. The lowest BCUT2D eigenvalue weighted by Gasteiger charge is -2.57. The smallest absolute Gasteiger partial charge is 0.148 e. The molecule has 0 radical (unpaired) electrons. The van der Waals surface area contributed by atoms with E-state index >= 15 is 0 Å². The monoisotopic (exact) mass is 284 g/mol. The molecule has 4 aliphatic rings. The third-order valence-electron chi connectivity index (χ3n) is 5.80. The maximum Gasteiger partial charge on any atom is 0.148 e. The average Bonchev–Trinajstić information content (AvgIpc) is 2.80. The van der Waals surface area contributed by atoms with Gasteiger partial charge in [-0.15, -0.1) is 0 Å². The second-order valence-corrected chi connectivity index (χ2v) is 8.16. The number of anilines is 1. The van der Waals surface area contributed by atoms with Crippen LogP contribution >= 0.6 is 11.5 Å². The Hall–Kier alpha value is -1.09. The van der Waals surface area contributed by atoms with Gasteiger partial charge in [0.05, 0.1) is 4.70 Å². The summed E-state index contributed by atoms with van der Waals surface area (Å²) in [6.45, 7) is 0. The van der Waals surface area contributed by atoms with Crippen molar-refractivity contribution < 1.29 is 0 Å². The second kappa shape index (κ2) is 3.97. The molecule has 20 heavy (non-hydrogen) atoms. The van der Waals surface area contributed by atoms with Gasteiger partial charge in [0.25, 0.3) is 0 Å². The molecule has 4 aliphatic carbocycles. The Morgan fingerprint density at radius 1 is 1.00 bits per heavy atom. The van der Waals surface area contributed by atoms with E-state index < -0.39 is 0 Å². The van der Waals surface area contributed by atoms with Crippen molar-refractivity contribution in [3.8, 4) is 0 Å². The molecule has 1 N–H and O–H groups in total. The van der Waals surface area contributed by atoms with E-state index in [1.807, 2.05) is 0 Å². The molecule has 104 valence electrons. The lowest BCUT2D eigenvalue weighted by molar-refractivity contribution is 0.0106. The van der Waals surface area contributed by atoms with E-state index in [-0.39, 0.29) is 0 Å². The molecule has 0 unspecified atom stereocenters. The normalized spacial score (nSPS) is 38.5. The third kappa shape index (κ3) is 1.65. The van der Waals surface area contributed by atoms with Crippen LogP contribution in [0.15, 0.2) is 24.3 Å². The van der Waals surface area contributed by atoms with E-state index in [1.165, 1.54) is 48.6 Å². The Kier molecular flexibility index (Phi) is 2.29. The van der Waals surface area contributed by atoms with Crippen LogP contribution in [0.3, 0.4) is 0 Å². The largest absolute Gasteiger partial charge is 0.363 e. The molecule has 0 aliphatic heterocycles. The SMILES string of the molecule is c1ccc2c(NC34CC5CC(CC(C5)C3)C4)nsc2c1. The van der Waals surface area contributed by atoms with Crippen molar-refractivity contribution in [2.24, 2.45) is 17.8 Å². The van der Waals surface area contributed by atoms with Crippen molar-refractivity contribution in [2.75, 3.05) is 5.32 Å². The summed E-state index contributed by atoms with van der Waals surface area (Å²) >= 11 is 1.63. The van der Waals surface area contributed by atoms with Crippen LogP contribution in [0.1, 0.15) is 38.5 Å². The van der Waals surface area contributed by atoms with Crippen LogP contribution in [0.4, 0.5) is 5.82 Å². The summed E-state index contributed by atoms with van der Waals surface area (Å²) < 4.78 is 6.01. The van der Waals surface area contributed by atoms with Gasteiger partial charge in [-0.3, -0.25) is 0 Å². The van der Waals surface area contributed by atoms with E-state index in [0.717, 1.165) is 23.6 Å². The van der Waals surface area contributed by atoms with E-state index in [4.69, 9.17) is 4.37 Å². The number of fused-ring (bicyclic) bond motifs is 1. The van der Waals surface area contributed by atoms with Gasteiger partial charge in [0, 0.05) is 10.9 Å². The first kappa shape index (κ1) is 11.6. The van der Waals surface area contributed by atoms with Crippen LogP contribution in [0, 0.1) is 17.8 Å². The van der Waals surface area contributed by atoms with Crippen LogP contribution in [-0.2, 0) is 0 Å². The summed E-state index contributed by atoms with van der Waals surface area (Å²) in [7, 11) is 0. The fraction of sp³-hybridized carbons (Fsp3) is 0.588. The summed E-state index contributed by atoms with van der Waals surface area (Å²) in [5.74, 6) is 4.10. The van der Waals surface area contributed by atoms with E-state index in [1.54, 1.807) is 11.5 Å². The van der Waals surface area contributed by atoms with Gasteiger partial charge in [-0.25, -0.2) is 0 Å². The number of aromatic nitrogens is 1. The Morgan fingerprint density at radius 3 is 2.35 bits per heavy atom. The molecule has 0 saturated heterocycles. The Balaban J connectivity index is 1.52. The van der Waals surface area contributed by atoms with Gasteiger partial charge in [-0.05, 0) is 79.9 Å². The highest BCUT2D eigenvalue weighted by Gasteiger charge is 2.51. The highest BCUT2D eigenvalue weighted by atomic mass is 32.1. The van der Waals surface area contributed by atoms with Crippen LogP contribution < -0.4 is 5.32 Å². The molecular formula is C17H20N2S. The standard InChI is InChI=1S/C17H20N2S/c1-2-4-15-14(3-1)16(19-20-15)18-17-8-11-5-12(9-17)7-13(6-11)10-17/h1-4,11-13H,5-10H2,(H,18,19). The second-order valence-electron chi connectivity index (χ2n) is 7.35. The number of nitrogens with zero attached hydrogens (tertiary/aromatic N) is 1. The van der Waals surface area contributed by atoms with Gasteiger partial charge in [0.15, 0.2) is 0 Å². The molecule has 3 heteroatoms. The van der Waals surface area contributed by atoms with Gasteiger partial charge in [0.1, 0.15) is 5.82 Å². The quantitative estimate of drug-likeness (QED) is 0.866. The molecular weight excluding hydrogens is 264 g/mol. The van der Waals surface area contributed by atoms with E-state index in [2.05, 4.69) is 29.6 Å². The predicted molar refractivity (Wildman–Crippen MR) is 84.1 cm³/mol. The van der Waals surface area contributed by atoms with Gasteiger partial charge in [-0.1, -0.05) is 12.1 Å². The molecule has 0 amide bonds. The van der Waals surface area contributed by atoms with Crippen molar-refractivity contribution in [1.82, 2.24) is 4.37 Å². The minimum atomic E-state index is 0.367. The van der Waals surface area contributed by atoms with E-state index in [0.29, 0.717) is 5.54 Å². The molecule has 2 aromatic rings. The third-order valence-corrected chi connectivity index (χ3v) is 6.63. The summed E-state index contributed by atoms with van der Waals surface area (Å²) in [5.41, 5.74) is 0.367. The van der Waals surface area contributed by atoms with Crippen molar-refractivity contribution in [3.05, 3.63) is 24.3 Å². The first-order valence-electron chi connectivity index (χ1n) is 7.92. The minimum absolute atomic E-state index is 0.367. The predicted octanol–water partition coefficient (Wildman–Crippen LogP) is 4.68. The van der Waals surface area contributed by atoms with Gasteiger partial charge in [0.2, 0.25) is 0 Å². The minimum Gasteiger partial charge on any atom is -0.363 e. The summed E-state index contributed by atoms with van der Waals surface area (Å²) in [6, 6.07) is 8.62. The number of rotatable bonds is 2. The highest BCUT2D eigenvalue weighted by Crippen LogP contribution is 2.56. The van der Waals surface area contributed by atoms with Gasteiger partial charge < -0.3 is 5.32 Å². The molecule has 2 nitrogen and oxygen atoms in total. The van der Waals surface area contributed by atoms with Crippen molar-refractivity contribution in [3.63, 3.8) is 0 Å². The van der Waals surface area contributed by atoms with Crippen molar-refractivity contribution in [2.45, 2.75) is 44.1 Å². The number of nitrogens with one attached hydrogen (secondary N) is 1. The van der Waals surface area contributed by atoms with Gasteiger partial charge >= 0.3 is 0 Å². The van der Waals surface area contributed by atoms with Crippen LogP contribution in [0.2, 0.25) is 0 Å². The fourth-order valence-electron chi connectivity index (χ4n) is 5.49. The molecule has 1 aromatic carbocycles. The number of hydrogen-bond donors (Lipinski definition) is 1. The Labute approximate surface area is 123 Å². The van der Waals surface area contributed by atoms with Crippen LogP contribution in [0.25, 0.3) is 10.1 Å². The van der Waals surface area contributed by atoms with Crippen molar-refractivity contribution in [1.29, 1.82) is 0 Å². The molecule has 4 bridgehead atoms. The molecule has 1 aromatic heterocycles. The molecule has 0 atom stereocenters. The lowest BCUT2D eigenvalue weighted by atomic mass is 9.53. The number of benzene rings is 1. The summed E-state index contributed by atoms with van der Waals surface area (Å²) in [5, 5.41) is 5.22. The Bertz CT molecular complexity index is 625. The summed E-state index contributed by atoms with van der Waals surface area (Å²) in [6.07, 6.45) is 8.64. The lowest BCUT2D eigenvalue weighted by Crippen LogP contribution is -2.54. The zero-order valence-corrected chi connectivity index (χ0v) is 12.5. The molecule has 0 spiro atoms. The molecule has 4 fully saturated rings. The van der Waals surface area contributed by atoms with Crippen LogP contribution in [0.5, 0.6) is 0 Å². The molecule has 1 heterocycles. The molecule has 6 rings (SSSR count). The zero-order valence-electron chi connectivity index (χ0n) is 11.6. The maximum atomic E-state index is 4.70. The highest BCUT2D eigenvalue weighted by molar-refractivity contribution is 7.13. The first-order chi connectivity index (χ1) is 9.80. The average molecular weight is 284 g/mol. The van der Waals surface area contributed by atoms with Crippen LogP contribution in [-0.4, -0.2) is 9.91 Å². The fourth-order valence-corrected chi connectivity index (χ4v) is 6.23. The topological polar surface area (TPSA) is 24.9 Å².